The number of carbonyl (C=O) groups is 1. The summed E-state index contributed by atoms with van der Waals surface area (Å²) >= 11 is 0. The van der Waals surface area contributed by atoms with Gasteiger partial charge in [-0.3, -0.25) is 4.79 Å². The summed E-state index contributed by atoms with van der Waals surface area (Å²) < 4.78 is 1.41. The van der Waals surface area contributed by atoms with Gasteiger partial charge in [0.15, 0.2) is 5.82 Å². The quantitative estimate of drug-likeness (QED) is 0.750. The van der Waals surface area contributed by atoms with E-state index in [9.17, 15) is 4.79 Å². The molecule has 1 heterocycles. The van der Waals surface area contributed by atoms with E-state index in [-0.39, 0.29) is 18.6 Å². The lowest BCUT2D eigenvalue weighted by Gasteiger charge is -2.17. The van der Waals surface area contributed by atoms with Crippen molar-refractivity contribution in [2.75, 3.05) is 6.61 Å². The molecule has 0 aliphatic heterocycles. The fourth-order valence-corrected chi connectivity index (χ4v) is 2.18. The van der Waals surface area contributed by atoms with Crippen LogP contribution in [-0.2, 0) is 4.79 Å². The van der Waals surface area contributed by atoms with Gasteiger partial charge in [0.2, 0.25) is 0 Å². The van der Waals surface area contributed by atoms with Gasteiger partial charge in [-0.05, 0) is 41.8 Å². The van der Waals surface area contributed by atoms with Crippen molar-refractivity contribution in [3.05, 3.63) is 41.7 Å². The van der Waals surface area contributed by atoms with Crippen molar-refractivity contribution >= 4 is 17.7 Å². The third-order valence-electron chi connectivity index (χ3n) is 3.49. The second-order valence-electron chi connectivity index (χ2n) is 5.17. The summed E-state index contributed by atoms with van der Waals surface area (Å²) in [5.41, 5.74) is 1.22. The standard InChI is InChI=1S/C16H21N5O2/c1-3-14(9-10-22)17-16(23)15(21-12(2)18-19-20-21)11-13-7-5-4-6-8-13/h4-8,11,14,22H,3,9-10H2,1-2H3,(H,17,23)/b15-11-. The number of hydrogen-bond acceptors (Lipinski definition) is 5. The van der Waals surface area contributed by atoms with Crippen molar-refractivity contribution in [2.24, 2.45) is 0 Å². The van der Waals surface area contributed by atoms with Crippen LogP contribution < -0.4 is 5.32 Å². The second-order valence-corrected chi connectivity index (χ2v) is 5.17. The van der Waals surface area contributed by atoms with Gasteiger partial charge in [-0.1, -0.05) is 37.3 Å². The fraction of sp³-hybridized carbons (Fsp3) is 0.375. The van der Waals surface area contributed by atoms with E-state index < -0.39 is 0 Å². The third-order valence-corrected chi connectivity index (χ3v) is 3.49. The number of nitrogens with one attached hydrogen (secondary N) is 1. The number of hydrogen-bond donors (Lipinski definition) is 2. The number of nitrogens with zero attached hydrogens (tertiary/aromatic N) is 4. The van der Waals surface area contributed by atoms with Crippen molar-refractivity contribution in [1.29, 1.82) is 0 Å². The summed E-state index contributed by atoms with van der Waals surface area (Å²) in [4.78, 5) is 12.7. The smallest absolute Gasteiger partial charge is 0.270 e. The predicted octanol–water partition coefficient (Wildman–Crippen LogP) is 1.26. The molecule has 2 aromatic rings. The minimum absolute atomic E-state index is 0.0282. The highest BCUT2D eigenvalue weighted by atomic mass is 16.3. The summed E-state index contributed by atoms with van der Waals surface area (Å²) in [6.07, 6.45) is 2.99. The molecule has 1 unspecified atom stereocenters. The number of aliphatic hydroxyl groups excluding tert-OH is 1. The molecular formula is C16H21N5O2. The Morgan fingerprint density at radius 1 is 1.39 bits per heavy atom. The molecule has 2 N–H and O–H groups in total. The van der Waals surface area contributed by atoms with Crippen LogP contribution in [-0.4, -0.2) is 43.9 Å². The normalized spacial score (nSPS) is 12.9. The number of aliphatic hydroxyl groups is 1. The van der Waals surface area contributed by atoms with Crippen LogP contribution in [0.4, 0.5) is 0 Å². The van der Waals surface area contributed by atoms with Gasteiger partial charge in [-0.25, -0.2) is 0 Å². The van der Waals surface area contributed by atoms with Gasteiger partial charge in [0.05, 0.1) is 0 Å². The maximum atomic E-state index is 12.7. The molecule has 0 fully saturated rings. The number of benzene rings is 1. The number of rotatable bonds is 7. The van der Waals surface area contributed by atoms with Gasteiger partial charge in [0.25, 0.3) is 5.91 Å². The van der Waals surface area contributed by atoms with Crippen LogP contribution in [0.15, 0.2) is 30.3 Å². The molecule has 0 saturated carbocycles. The highest BCUT2D eigenvalue weighted by molar-refractivity contribution is 6.18. The molecule has 0 aliphatic carbocycles. The van der Waals surface area contributed by atoms with Crippen LogP contribution in [0.3, 0.4) is 0 Å². The van der Waals surface area contributed by atoms with E-state index in [0.717, 1.165) is 12.0 Å². The summed E-state index contributed by atoms with van der Waals surface area (Å²) in [6.45, 7) is 3.72. The molecule has 7 nitrogen and oxygen atoms in total. The van der Waals surface area contributed by atoms with Gasteiger partial charge in [-0.2, -0.15) is 4.68 Å². The summed E-state index contributed by atoms with van der Waals surface area (Å²) in [7, 11) is 0. The molecule has 0 bridgehead atoms. The first-order valence-electron chi connectivity index (χ1n) is 7.59. The largest absolute Gasteiger partial charge is 0.396 e. The molecular weight excluding hydrogens is 294 g/mol. The molecule has 0 saturated heterocycles. The minimum atomic E-state index is -0.274. The number of tetrazole rings is 1. The number of carbonyl (C=O) groups excluding carboxylic acids is 1. The lowest BCUT2D eigenvalue weighted by molar-refractivity contribution is -0.116. The minimum Gasteiger partial charge on any atom is -0.396 e. The molecule has 23 heavy (non-hydrogen) atoms. The molecule has 2 rings (SSSR count). The zero-order valence-electron chi connectivity index (χ0n) is 13.3. The van der Waals surface area contributed by atoms with E-state index in [2.05, 4.69) is 20.8 Å². The first kappa shape index (κ1) is 16.8. The Bertz CT molecular complexity index is 666. The Morgan fingerprint density at radius 2 is 2.13 bits per heavy atom. The van der Waals surface area contributed by atoms with Crippen LogP contribution in [0, 0.1) is 6.92 Å². The van der Waals surface area contributed by atoms with Gasteiger partial charge < -0.3 is 10.4 Å². The van der Waals surface area contributed by atoms with Crippen LogP contribution in [0.2, 0.25) is 0 Å². The van der Waals surface area contributed by atoms with Crippen molar-refractivity contribution in [3.8, 4) is 0 Å². The van der Waals surface area contributed by atoms with Crippen molar-refractivity contribution < 1.29 is 9.90 Å². The van der Waals surface area contributed by atoms with E-state index in [1.54, 1.807) is 13.0 Å². The Hall–Kier alpha value is -2.54. The molecule has 7 heteroatoms. The van der Waals surface area contributed by atoms with Gasteiger partial charge in [-0.15, -0.1) is 5.10 Å². The Labute approximate surface area is 135 Å². The van der Waals surface area contributed by atoms with Crippen molar-refractivity contribution in [2.45, 2.75) is 32.7 Å². The van der Waals surface area contributed by atoms with Crippen LogP contribution in [0.25, 0.3) is 11.8 Å². The zero-order valence-corrected chi connectivity index (χ0v) is 13.3. The highest BCUT2D eigenvalue weighted by Crippen LogP contribution is 2.13. The SMILES string of the molecule is CCC(CCO)NC(=O)/C(=C/c1ccccc1)n1nnnc1C. The fourth-order valence-electron chi connectivity index (χ4n) is 2.18. The topological polar surface area (TPSA) is 92.9 Å². The molecule has 1 aromatic carbocycles. The van der Waals surface area contributed by atoms with Crippen LogP contribution >= 0.6 is 0 Å². The van der Waals surface area contributed by atoms with E-state index in [4.69, 9.17) is 5.11 Å². The monoisotopic (exact) mass is 315 g/mol. The van der Waals surface area contributed by atoms with Crippen molar-refractivity contribution in [1.82, 2.24) is 25.5 Å². The van der Waals surface area contributed by atoms with Crippen LogP contribution in [0.5, 0.6) is 0 Å². The van der Waals surface area contributed by atoms with Gasteiger partial charge in [0.1, 0.15) is 5.70 Å². The Morgan fingerprint density at radius 3 is 2.70 bits per heavy atom. The molecule has 1 aromatic heterocycles. The van der Waals surface area contributed by atoms with Crippen molar-refractivity contribution in [3.63, 3.8) is 0 Å². The third kappa shape index (κ3) is 4.46. The maximum Gasteiger partial charge on any atom is 0.270 e. The molecule has 1 atom stereocenters. The lowest BCUT2D eigenvalue weighted by Crippen LogP contribution is -2.37. The molecule has 0 aliphatic rings. The first-order chi connectivity index (χ1) is 11.2. The molecule has 0 spiro atoms. The van der Waals surface area contributed by atoms with E-state index in [1.165, 1.54) is 4.68 Å². The average Bonchev–Trinajstić information content (AvgIpc) is 2.98. The second kappa shape index (κ2) is 8.19. The summed E-state index contributed by atoms with van der Waals surface area (Å²) in [5, 5.41) is 23.3. The number of amides is 1. The van der Waals surface area contributed by atoms with E-state index in [0.29, 0.717) is 17.9 Å². The first-order valence-corrected chi connectivity index (χ1v) is 7.59. The Balaban J connectivity index is 2.33. The summed E-state index contributed by atoms with van der Waals surface area (Å²) in [5.74, 6) is 0.252. The lowest BCUT2D eigenvalue weighted by atomic mass is 10.1. The molecule has 1 amide bonds. The Kier molecular flexibility index (Phi) is 5.99. The highest BCUT2D eigenvalue weighted by Gasteiger charge is 2.18. The van der Waals surface area contributed by atoms with Gasteiger partial charge in [0, 0.05) is 12.6 Å². The van der Waals surface area contributed by atoms with E-state index in [1.807, 2.05) is 37.3 Å². The zero-order chi connectivity index (χ0) is 16.7. The predicted molar refractivity (Wildman–Crippen MR) is 87.1 cm³/mol. The van der Waals surface area contributed by atoms with E-state index >= 15 is 0 Å². The van der Waals surface area contributed by atoms with Crippen LogP contribution in [0.1, 0.15) is 31.2 Å². The number of aromatic nitrogens is 4. The number of aryl methyl sites for hydroxylation is 1. The maximum absolute atomic E-state index is 12.7. The summed E-state index contributed by atoms with van der Waals surface area (Å²) in [6, 6.07) is 9.41. The van der Waals surface area contributed by atoms with Gasteiger partial charge >= 0.3 is 0 Å². The average molecular weight is 315 g/mol. The molecule has 0 radical (unpaired) electrons. The molecule has 122 valence electrons.